The van der Waals surface area contributed by atoms with Gasteiger partial charge in [0, 0.05) is 11.6 Å². The van der Waals surface area contributed by atoms with Crippen molar-refractivity contribution < 1.29 is 4.74 Å². The normalized spacial score (nSPS) is 12.0. The van der Waals surface area contributed by atoms with Gasteiger partial charge in [-0.1, -0.05) is 13.8 Å². The standard InChI is InChI=1S/C13H20N4O/c1-4-13(14,5-2)8-18-12-7-10(3)6-11-15-9-16-17(11)12/h6-7,9H,4-5,8,14H2,1-3H3. The molecule has 0 fully saturated rings. The van der Waals surface area contributed by atoms with Crippen molar-refractivity contribution in [3.63, 3.8) is 0 Å². The average molecular weight is 248 g/mol. The quantitative estimate of drug-likeness (QED) is 0.878. The van der Waals surface area contributed by atoms with Crippen molar-refractivity contribution in [2.45, 2.75) is 39.2 Å². The van der Waals surface area contributed by atoms with Gasteiger partial charge in [0.25, 0.3) is 0 Å². The summed E-state index contributed by atoms with van der Waals surface area (Å²) in [4.78, 5) is 4.17. The number of aromatic nitrogens is 3. The lowest BCUT2D eigenvalue weighted by molar-refractivity contribution is 0.197. The van der Waals surface area contributed by atoms with Crippen molar-refractivity contribution in [2.75, 3.05) is 6.61 Å². The molecule has 2 rings (SSSR count). The van der Waals surface area contributed by atoms with E-state index in [1.54, 1.807) is 4.52 Å². The first-order valence-corrected chi connectivity index (χ1v) is 6.30. The van der Waals surface area contributed by atoms with Crippen LogP contribution in [0.15, 0.2) is 18.5 Å². The lowest BCUT2D eigenvalue weighted by atomic mass is 9.96. The third kappa shape index (κ3) is 2.46. The molecular formula is C13H20N4O. The van der Waals surface area contributed by atoms with Crippen LogP contribution in [0, 0.1) is 6.92 Å². The fourth-order valence-electron chi connectivity index (χ4n) is 1.79. The lowest BCUT2D eigenvalue weighted by Crippen LogP contribution is -2.44. The molecule has 18 heavy (non-hydrogen) atoms. The fourth-order valence-corrected chi connectivity index (χ4v) is 1.79. The lowest BCUT2D eigenvalue weighted by Gasteiger charge is -2.26. The highest BCUT2D eigenvalue weighted by molar-refractivity contribution is 5.43. The van der Waals surface area contributed by atoms with Crippen LogP contribution in [0.3, 0.4) is 0 Å². The Bertz CT molecular complexity index is 531. The molecule has 0 amide bonds. The first kappa shape index (κ1) is 12.8. The van der Waals surface area contributed by atoms with E-state index in [1.807, 2.05) is 19.1 Å². The number of pyridine rings is 1. The van der Waals surface area contributed by atoms with E-state index in [0.717, 1.165) is 24.1 Å². The van der Waals surface area contributed by atoms with Crippen molar-refractivity contribution in [2.24, 2.45) is 5.73 Å². The molecule has 2 N–H and O–H groups in total. The van der Waals surface area contributed by atoms with E-state index >= 15 is 0 Å². The average Bonchev–Trinajstić information content (AvgIpc) is 2.83. The maximum atomic E-state index is 6.23. The highest BCUT2D eigenvalue weighted by Gasteiger charge is 2.21. The fraction of sp³-hybridized carbons (Fsp3) is 0.538. The summed E-state index contributed by atoms with van der Waals surface area (Å²) in [5, 5.41) is 4.15. The predicted molar refractivity (Wildman–Crippen MR) is 70.7 cm³/mol. The number of fused-ring (bicyclic) bond motifs is 1. The summed E-state index contributed by atoms with van der Waals surface area (Å²) >= 11 is 0. The van der Waals surface area contributed by atoms with Crippen LogP contribution in [0.1, 0.15) is 32.3 Å². The van der Waals surface area contributed by atoms with E-state index < -0.39 is 0 Å². The Morgan fingerprint density at radius 1 is 1.33 bits per heavy atom. The highest BCUT2D eigenvalue weighted by atomic mass is 16.5. The van der Waals surface area contributed by atoms with Crippen LogP contribution >= 0.6 is 0 Å². The van der Waals surface area contributed by atoms with Crippen LogP contribution in [-0.2, 0) is 0 Å². The summed E-state index contributed by atoms with van der Waals surface area (Å²) in [6.07, 6.45) is 3.29. The Labute approximate surface area is 107 Å². The molecule has 5 heteroatoms. The number of aryl methyl sites for hydroxylation is 1. The molecule has 0 aliphatic rings. The molecule has 2 aromatic heterocycles. The van der Waals surface area contributed by atoms with E-state index in [-0.39, 0.29) is 5.54 Å². The predicted octanol–water partition coefficient (Wildman–Crippen LogP) is 1.93. The molecule has 0 spiro atoms. The maximum absolute atomic E-state index is 6.23. The van der Waals surface area contributed by atoms with E-state index in [2.05, 4.69) is 23.9 Å². The highest BCUT2D eigenvalue weighted by Crippen LogP contribution is 2.18. The van der Waals surface area contributed by atoms with Gasteiger partial charge in [-0.15, -0.1) is 0 Å². The molecule has 0 aliphatic carbocycles. The van der Waals surface area contributed by atoms with Gasteiger partial charge < -0.3 is 10.5 Å². The smallest absolute Gasteiger partial charge is 0.216 e. The summed E-state index contributed by atoms with van der Waals surface area (Å²) in [7, 11) is 0. The van der Waals surface area contributed by atoms with Gasteiger partial charge in [0.15, 0.2) is 5.65 Å². The van der Waals surface area contributed by atoms with Gasteiger partial charge >= 0.3 is 0 Å². The van der Waals surface area contributed by atoms with Crippen LogP contribution in [0.25, 0.3) is 5.65 Å². The number of nitrogens with two attached hydrogens (primary N) is 1. The number of rotatable bonds is 5. The van der Waals surface area contributed by atoms with Gasteiger partial charge in [-0.3, -0.25) is 0 Å². The third-order valence-corrected chi connectivity index (χ3v) is 3.41. The first-order chi connectivity index (χ1) is 8.58. The summed E-state index contributed by atoms with van der Waals surface area (Å²) in [6, 6.07) is 3.92. The second-order valence-electron chi connectivity index (χ2n) is 4.76. The van der Waals surface area contributed by atoms with Crippen molar-refractivity contribution in [3.8, 4) is 5.88 Å². The van der Waals surface area contributed by atoms with Crippen LogP contribution in [-0.4, -0.2) is 26.7 Å². The summed E-state index contributed by atoms with van der Waals surface area (Å²) in [5.74, 6) is 0.694. The molecule has 5 nitrogen and oxygen atoms in total. The molecule has 0 atom stereocenters. The molecule has 2 aromatic rings. The van der Waals surface area contributed by atoms with E-state index in [1.165, 1.54) is 6.33 Å². The van der Waals surface area contributed by atoms with Crippen LogP contribution in [0.5, 0.6) is 5.88 Å². The zero-order valence-corrected chi connectivity index (χ0v) is 11.2. The van der Waals surface area contributed by atoms with Gasteiger partial charge in [-0.2, -0.15) is 9.61 Å². The molecule has 0 unspecified atom stereocenters. The molecule has 2 heterocycles. The van der Waals surface area contributed by atoms with Crippen molar-refractivity contribution >= 4 is 5.65 Å². The molecular weight excluding hydrogens is 228 g/mol. The number of ether oxygens (including phenoxy) is 1. The minimum absolute atomic E-state index is 0.281. The van der Waals surface area contributed by atoms with Crippen molar-refractivity contribution in [1.29, 1.82) is 0 Å². The van der Waals surface area contributed by atoms with E-state index in [0.29, 0.717) is 12.5 Å². The molecule has 0 aliphatic heterocycles. The van der Waals surface area contributed by atoms with Crippen LogP contribution < -0.4 is 10.5 Å². The summed E-state index contributed by atoms with van der Waals surface area (Å²) in [6.45, 7) is 6.65. The number of nitrogens with zero attached hydrogens (tertiary/aromatic N) is 3. The monoisotopic (exact) mass is 248 g/mol. The Kier molecular flexibility index (Phi) is 3.52. The topological polar surface area (TPSA) is 65.4 Å². The van der Waals surface area contributed by atoms with Gasteiger partial charge in [-0.05, 0) is 31.4 Å². The third-order valence-electron chi connectivity index (χ3n) is 3.41. The Morgan fingerprint density at radius 3 is 2.72 bits per heavy atom. The Morgan fingerprint density at radius 2 is 2.06 bits per heavy atom. The Balaban J connectivity index is 2.24. The molecule has 98 valence electrons. The molecule has 0 aromatic carbocycles. The molecule has 0 saturated heterocycles. The van der Waals surface area contributed by atoms with Crippen molar-refractivity contribution in [1.82, 2.24) is 14.6 Å². The second-order valence-corrected chi connectivity index (χ2v) is 4.76. The minimum Gasteiger partial charge on any atom is -0.476 e. The number of hydrogen-bond acceptors (Lipinski definition) is 4. The second kappa shape index (κ2) is 4.94. The van der Waals surface area contributed by atoms with Gasteiger partial charge in [0.2, 0.25) is 5.88 Å². The van der Waals surface area contributed by atoms with Crippen LogP contribution in [0.2, 0.25) is 0 Å². The largest absolute Gasteiger partial charge is 0.476 e. The van der Waals surface area contributed by atoms with Crippen molar-refractivity contribution in [3.05, 3.63) is 24.0 Å². The van der Waals surface area contributed by atoms with E-state index in [4.69, 9.17) is 10.5 Å². The molecule has 0 saturated carbocycles. The van der Waals surface area contributed by atoms with Gasteiger partial charge in [-0.25, -0.2) is 4.98 Å². The van der Waals surface area contributed by atoms with Crippen LogP contribution in [0.4, 0.5) is 0 Å². The summed E-state index contributed by atoms with van der Waals surface area (Å²) < 4.78 is 7.53. The SMILES string of the molecule is CCC(N)(CC)COc1cc(C)cc2ncnn12. The molecule has 0 bridgehead atoms. The minimum atomic E-state index is -0.281. The summed E-state index contributed by atoms with van der Waals surface area (Å²) in [5.41, 5.74) is 7.84. The zero-order chi connectivity index (χ0) is 13.2. The molecule has 0 radical (unpaired) electrons. The van der Waals surface area contributed by atoms with Gasteiger partial charge in [0.05, 0.1) is 0 Å². The number of hydrogen-bond donors (Lipinski definition) is 1. The Hall–Kier alpha value is -1.62. The van der Waals surface area contributed by atoms with E-state index in [9.17, 15) is 0 Å². The maximum Gasteiger partial charge on any atom is 0.216 e. The van der Waals surface area contributed by atoms with Gasteiger partial charge in [0.1, 0.15) is 12.9 Å². The first-order valence-electron chi connectivity index (χ1n) is 6.30. The zero-order valence-electron chi connectivity index (χ0n) is 11.2.